The summed E-state index contributed by atoms with van der Waals surface area (Å²) in [4.78, 5) is 9.18. The van der Waals surface area contributed by atoms with E-state index in [1.54, 1.807) is 0 Å². The Bertz CT molecular complexity index is 366. The molecule has 1 rings (SSSR count). The van der Waals surface area contributed by atoms with Crippen LogP contribution in [0.3, 0.4) is 0 Å². The number of anilines is 1. The van der Waals surface area contributed by atoms with Gasteiger partial charge in [-0.05, 0) is 52.0 Å². The van der Waals surface area contributed by atoms with Gasteiger partial charge in [-0.15, -0.1) is 0 Å². The number of hydrogen-bond donors (Lipinski definition) is 0. The van der Waals surface area contributed by atoms with E-state index in [9.17, 15) is 0 Å². The third-order valence-electron chi connectivity index (χ3n) is 2.98. The van der Waals surface area contributed by atoms with Crippen molar-refractivity contribution in [2.45, 2.75) is 25.6 Å². The molecule has 0 radical (unpaired) electrons. The molecule has 0 spiro atoms. The largest absolute Gasteiger partial charge is 0.357 e. The average Bonchev–Trinajstić information content (AvgIpc) is 2.35. The van der Waals surface area contributed by atoms with Crippen LogP contribution >= 0.6 is 15.9 Å². The van der Waals surface area contributed by atoms with Gasteiger partial charge in [-0.25, -0.2) is 4.98 Å². The molecule has 0 saturated heterocycles. The van der Waals surface area contributed by atoms with Gasteiger partial charge >= 0.3 is 0 Å². The zero-order valence-corrected chi connectivity index (χ0v) is 13.5. The minimum absolute atomic E-state index is 0.869. The lowest BCUT2D eigenvalue weighted by Gasteiger charge is -2.24. The van der Waals surface area contributed by atoms with Crippen molar-refractivity contribution in [1.29, 1.82) is 0 Å². The zero-order valence-electron chi connectivity index (χ0n) is 11.9. The van der Waals surface area contributed by atoms with Crippen LogP contribution in [0.5, 0.6) is 0 Å². The Hall–Kier alpha value is -0.610. The Labute approximate surface area is 119 Å². The second-order valence-electron chi connectivity index (χ2n) is 4.85. The summed E-state index contributed by atoms with van der Waals surface area (Å²) in [5.41, 5.74) is 2.50. The van der Waals surface area contributed by atoms with Gasteiger partial charge in [0.2, 0.25) is 0 Å². The van der Waals surface area contributed by atoms with Gasteiger partial charge in [0.05, 0.1) is 0 Å². The number of hydrogen-bond acceptors (Lipinski definition) is 3. The summed E-state index contributed by atoms with van der Waals surface area (Å²) in [6, 6.07) is 2.21. The van der Waals surface area contributed by atoms with Crippen LogP contribution in [0.15, 0.2) is 12.3 Å². The molecule has 0 aliphatic heterocycles. The predicted octanol–water partition coefficient (Wildman–Crippen LogP) is 3.06. The number of alkyl halides is 1. The van der Waals surface area contributed by atoms with Crippen LogP contribution in [0.4, 0.5) is 5.82 Å². The third kappa shape index (κ3) is 4.58. The lowest BCUT2D eigenvalue weighted by Crippen LogP contribution is -2.28. The maximum atomic E-state index is 4.60. The monoisotopic (exact) mass is 313 g/mol. The Morgan fingerprint density at radius 2 is 2.00 bits per heavy atom. The lowest BCUT2D eigenvalue weighted by atomic mass is 10.2. The molecule has 0 unspecified atom stereocenters. The molecule has 1 heterocycles. The van der Waals surface area contributed by atoms with Crippen molar-refractivity contribution in [2.24, 2.45) is 0 Å². The van der Waals surface area contributed by atoms with E-state index < -0.39 is 0 Å². The van der Waals surface area contributed by atoms with E-state index in [4.69, 9.17) is 0 Å². The summed E-state index contributed by atoms with van der Waals surface area (Å²) < 4.78 is 0. The van der Waals surface area contributed by atoms with Crippen LogP contribution < -0.4 is 4.90 Å². The number of aryl methyl sites for hydroxylation is 1. The SMILES string of the molecule is CCN(CCCN(C)C)c1ncc(CBr)cc1C. The van der Waals surface area contributed by atoms with Gasteiger partial charge in [-0.1, -0.05) is 22.0 Å². The smallest absolute Gasteiger partial charge is 0.131 e. The maximum Gasteiger partial charge on any atom is 0.131 e. The molecule has 0 bridgehead atoms. The van der Waals surface area contributed by atoms with E-state index in [0.29, 0.717) is 0 Å². The molecule has 0 atom stereocenters. The van der Waals surface area contributed by atoms with Crippen LogP contribution in [0, 0.1) is 6.92 Å². The Balaban J connectivity index is 2.69. The molecule has 1 aromatic rings. The molecule has 0 N–H and O–H groups in total. The highest BCUT2D eigenvalue weighted by atomic mass is 79.9. The lowest BCUT2D eigenvalue weighted by molar-refractivity contribution is 0.400. The summed E-state index contributed by atoms with van der Waals surface area (Å²) in [5.74, 6) is 1.13. The fourth-order valence-electron chi connectivity index (χ4n) is 2.02. The van der Waals surface area contributed by atoms with Gasteiger partial charge in [0.1, 0.15) is 5.82 Å². The van der Waals surface area contributed by atoms with Crippen molar-refractivity contribution in [1.82, 2.24) is 9.88 Å². The first-order chi connectivity index (χ1) is 8.58. The highest BCUT2D eigenvalue weighted by Gasteiger charge is 2.09. The first-order valence-corrected chi connectivity index (χ1v) is 7.61. The summed E-state index contributed by atoms with van der Waals surface area (Å²) in [6.07, 6.45) is 3.13. The van der Waals surface area contributed by atoms with Crippen LogP contribution in [0.25, 0.3) is 0 Å². The van der Waals surface area contributed by atoms with Gasteiger partial charge in [-0.2, -0.15) is 0 Å². The Morgan fingerprint density at radius 1 is 1.28 bits per heavy atom. The molecule has 0 saturated carbocycles. The first-order valence-electron chi connectivity index (χ1n) is 6.49. The van der Waals surface area contributed by atoms with Crippen molar-refractivity contribution in [3.63, 3.8) is 0 Å². The van der Waals surface area contributed by atoms with E-state index >= 15 is 0 Å². The Kier molecular flexibility index (Phi) is 6.65. The molecule has 0 amide bonds. The molecule has 1 aromatic heterocycles. The molecule has 0 fully saturated rings. The van der Waals surface area contributed by atoms with Crippen LogP contribution in [-0.4, -0.2) is 43.6 Å². The zero-order chi connectivity index (χ0) is 13.5. The van der Waals surface area contributed by atoms with Gasteiger partial charge in [0.15, 0.2) is 0 Å². The summed E-state index contributed by atoms with van der Waals surface area (Å²) in [5, 5.41) is 0.869. The summed E-state index contributed by atoms with van der Waals surface area (Å²) >= 11 is 3.47. The second-order valence-corrected chi connectivity index (χ2v) is 5.41. The van der Waals surface area contributed by atoms with E-state index in [1.165, 1.54) is 17.5 Å². The number of halogens is 1. The molecule has 0 aromatic carbocycles. The van der Waals surface area contributed by atoms with Gasteiger partial charge in [0.25, 0.3) is 0 Å². The highest BCUT2D eigenvalue weighted by molar-refractivity contribution is 9.08. The van der Waals surface area contributed by atoms with Crippen LogP contribution in [0.1, 0.15) is 24.5 Å². The molecule has 0 aliphatic rings. The van der Waals surface area contributed by atoms with Crippen LogP contribution in [-0.2, 0) is 5.33 Å². The number of pyridine rings is 1. The second kappa shape index (κ2) is 7.74. The minimum atomic E-state index is 0.869. The van der Waals surface area contributed by atoms with Crippen molar-refractivity contribution >= 4 is 21.7 Å². The van der Waals surface area contributed by atoms with Crippen LogP contribution in [0.2, 0.25) is 0 Å². The Morgan fingerprint density at radius 3 is 2.50 bits per heavy atom. The number of nitrogens with zero attached hydrogens (tertiary/aromatic N) is 3. The number of aromatic nitrogens is 1. The van der Waals surface area contributed by atoms with E-state index in [1.807, 2.05) is 6.20 Å². The summed E-state index contributed by atoms with van der Waals surface area (Å²) in [6.45, 7) is 7.53. The predicted molar refractivity (Wildman–Crippen MR) is 82.7 cm³/mol. The molecule has 18 heavy (non-hydrogen) atoms. The maximum absolute atomic E-state index is 4.60. The normalized spacial score (nSPS) is 11.0. The number of rotatable bonds is 7. The van der Waals surface area contributed by atoms with Gasteiger partial charge < -0.3 is 9.80 Å². The van der Waals surface area contributed by atoms with Gasteiger partial charge in [0, 0.05) is 24.6 Å². The third-order valence-corrected chi connectivity index (χ3v) is 3.62. The highest BCUT2D eigenvalue weighted by Crippen LogP contribution is 2.19. The summed E-state index contributed by atoms with van der Waals surface area (Å²) in [7, 11) is 4.23. The molecule has 4 heteroatoms. The first kappa shape index (κ1) is 15.4. The molecule has 3 nitrogen and oxygen atoms in total. The van der Waals surface area contributed by atoms with E-state index in [2.05, 4.69) is 64.7 Å². The fraction of sp³-hybridized carbons (Fsp3) is 0.643. The van der Waals surface area contributed by atoms with E-state index in [0.717, 1.165) is 30.8 Å². The topological polar surface area (TPSA) is 19.4 Å². The minimum Gasteiger partial charge on any atom is -0.357 e. The van der Waals surface area contributed by atoms with Crippen molar-refractivity contribution < 1.29 is 0 Å². The van der Waals surface area contributed by atoms with Crippen molar-refractivity contribution in [3.05, 3.63) is 23.4 Å². The molecule has 102 valence electrons. The van der Waals surface area contributed by atoms with Gasteiger partial charge in [-0.3, -0.25) is 0 Å². The van der Waals surface area contributed by atoms with E-state index in [-0.39, 0.29) is 0 Å². The standard InChI is InChI=1S/C14H24BrN3/c1-5-18(8-6-7-17(3)4)14-12(2)9-13(10-15)11-16-14/h9,11H,5-8,10H2,1-4H3. The molecule has 0 aliphatic carbocycles. The molecular formula is C14H24BrN3. The quantitative estimate of drug-likeness (QED) is 0.721. The fourth-order valence-corrected chi connectivity index (χ4v) is 2.33. The average molecular weight is 314 g/mol. The van der Waals surface area contributed by atoms with Crippen molar-refractivity contribution in [3.8, 4) is 0 Å². The van der Waals surface area contributed by atoms with Crippen molar-refractivity contribution in [2.75, 3.05) is 38.6 Å². The molecular weight excluding hydrogens is 290 g/mol.